The molecule has 0 aliphatic carbocycles. The molecule has 0 saturated heterocycles. The number of hydrogen-bond donors (Lipinski definition) is 0. The number of carbonyl (C=O) groups excluding carboxylic acids is 1. The summed E-state index contributed by atoms with van der Waals surface area (Å²) in [6, 6.07) is 17.6. The predicted octanol–water partition coefficient (Wildman–Crippen LogP) is 3.66. The molecule has 0 atom stereocenters. The minimum atomic E-state index is -0.377. The first-order valence-corrected chi connectivity index (χ1v) is 9.60. The molecule has 28 heavy (non-hydrogen) atoms. The lowest BCUT2D eigenvalue weighted by atomic mass is 10.2. The number of hydrogen-bond acceptors (Lipinski definition) is 5. The minimum Gasteiger partial charge on any atom is -0.311 e. The molecule has 142 valence electrons. The standard InChI is InChI=1S/C20H18FN5OS/c1-25-19(16-10-5-6-11-17(16)21)23-24-20(25)28-14-18(27)26(13-7-12-22)15-8-3-2-4-9-15/h2-6,8-11H,7,13-14H2,1H3. The van der Waals surface area contributed by atoms with Crippen LogP contribution in [0, 0.1) is 17.1 Å². The smallest absolute Gasteiger partial charge is 0.237 e. The zero-order chi connectivity index (χ0) is 19.9. The molecule has 0 saturated carbocycles. The highest BCUT2D eigenvalue weighted by Crippen LogP contribution is 2.25. The number of halogens is 1. The van der Waals surface area contributed by atoms with Crippen LogP contribution in [-0.2, 0) is 11.8 Å². The summed E-state index contributed by atoms with van der Waals surface area (Å²) in [5.74, 6) is 0.0144. The maximum atomic E-state index is 14.0. The van der Waals surface area contributed by atoms with E-state index in [0.717, 1.165) is 5.69 Å². The van der Waals surface area contributed by atoms with Crippen molar-refractivity contribution >= 4 is 23.4 Å². The van der Waals surface area contributed by atoms with E-state index in [0.29, 0.717) is 23.1 Å². The van der Waals surface area contributed by atoms with Gasteiger partial charge >= 0.3 is 0 Å². The number of carbonyl (C=O) groups is 1. The summed E-state index contributed by atoms with van der Waals surface area (Å²) in [7, 11) is 1.74. The topological polar surface area (TPSA) is 74.8 Å². The molecule has 0 N–H and O–H groups in total. The molecule has 8 heteroatoms. The highest BCUT2D eigenvalue weighted by atomic mass is 32.2. The van der Waals surface area contributed by atoms with Crippen molar-refractivity contribution in [3.63, 3.8) is 0 Å². The van der Waals surface area contributed by atoms with Gasteiger partial charge in [0.1, 0.15) is 5.82 Å². The first-order chi connectivity index (χ1) is 13.6. The molecule has 3 aromatic rings. The monoisotopic (exact) mass is 395 g/mol. The number of nitriles is 1. The molecular formula is C20H18FN5OS. The van der Waals surface area contributed by atoms with Gasteiger partial charge in [0, 0.05) is 19.3 Å². The predicted molar refractivity (Wildman–Crippen MR) is 106 cm³/mol. The van der Waals surface area contributed by atoms with Crippen LogP contribution in [0.1, 0.15) is 6.42 Å². The Morgan fingerprint density at radius 2 is 1.89 bits per heavy atom. The summed E-state index contributed by atoms with van der Waals surface area (Å²) in [6.45, 7) is 0.319. The van der Waals surface area contributed by atoms with E-state index in [1.807, 2.05) is 30.3 Å². The van der Waals surface area contributed by atoms with Crippen LogP contribution in [0.4, 0.5) is 10.1 Å². The summed E-state index contributed by atoms with van der Waals surface area (Å²) in [5, 5.41) is 17.5. The van der Waals surface area contributed by atoms with Crippen LogP contribution in [-0.4, -0.2) is 33.0 Å². The largest absolute Gasteiger partial charge is 0.311 e. The van der Waals surface area contributed by atoms with Crippen LogP contribution in [0.2, 0.25) is 0 Å². The fraction of sp³-hybridized carbons (Fsp3) is 0.200. The Kier molecular flexibility index (Phi) is 6.40. The quantitative estimate of drug-likeness (QED) is 0.571. The fourth-order valence-electron chi connectivity index (χ4n) is 2.69. The summed E-state index contributed by atoms with van der Waals surface area (Å²) >= 11 is 1.23. The molecule has 1 heterocycles. The lowest BCUT2D eigenvalue weighted by Crippen LogP contribution is -2.33. The molecule has 0 radical (unpaired) electrons. The Labute approximate surface area is 166 Å². The van der Waals surface area contributed by atoms with Crippen molar-refractivity contribution < 1.29 is 9.18 Å². The van der Waals surface area contributed by atoms with Gasteiger partial charge < -0.3 is 9.47 Å². The number of nitrogens with zero attached hydrogens (tertiary/aromatic N) is 5. The normalized spacial score (nSPS) is 10.5. The van der Waals surface area contributed by atoms with Gasteiger partial charge in [0.25, 0.3) is 0 Å². The van der Waals surface area contributed by atoms with Gasteiger partial charge in [-0.3, -0.25) is 4.79 Å². The van der Waals surface area contributed by atoms with Crippen LogP contribution in [0.5, 0.6) is 0 Å². The molecular weight excluding hydrogens is 377 g/mol. The zero-order valence-corrected chi connectivity index (χ0v) is 16.1. The van der Waals surface area contributed by atoms with Crippen molar-refractivity contribution in [3.05, 3.63) is 60.4 Å². The number of benzene rings is 2. The van der Waals surface area contributed by atoms with E-state index in [1.165, 1.54) is 17.8 Å². The second kappa shape index (κ2) is 9.15. The van der Waals surface area contributed by atoms with E-state index in [-0.39, 0.29) is 23.9 Å². The maximum absolute atomic E-state index is 14.0. The number of anilines is 1. The molecule has 0 unspecified atom stereocenters. The molecule has 1 aromatic heterocycles. The molecule has 3 rings (SSSR count). The van der Waals surface area contributed by atoms with Gasteiger partial charge in [0.15, 0.2) is 11.0 Å². The van der Waals surface area contributed by atoms with Gasteiger partial charge in [-0.25, -0.2) is 4.39 Å². The lowest BCUT2D eigenvalue weighted by molar-refractivity contribution is -0.116. The third-order valence-electron chi connectivity index (χ3n) is 4.09. The summed E-state index contributed by atoms with van der Waals surface area (Å²) in [5.41, 5.74) is 1.10. The molecule has 0 aliphatic rings. The van der Waals surface area contributed by atoms with Gasteiger partial charge in [-0.05, 0) is 24.3 Å². The molecule has 1 amide bonds. The van der Waals surface area contributed by atoms with E-state index in [2.05, 4.69) is 16.3 Å². The highest BCUT2D eigenvalue weighted by molar-refractivity contribution is 7.99. The lowest BCUT2D eigenvalue weighted by Gasteiger charge is -2.21. The summed E-state index contributed by atoms with van der Waals surface area (Å²) < 4.78 is 15.7. The molecule has 0 bridgehead atoms. The Bertz CT molecular complexity index is 999. The second-order valence-electron chi connectivity index (χ2n) is 5.92. The van der Waals surface area contributed by atoms with Crippen LogP contribution in [0.15, 0.2) is 59.8 Å². The molecule has 0 spiro atoms. The fourth-order valence-corrected chi connectivity index (χ4v) is 3.48. The SMILES string of the molecule is Cn1c(SCC(=O)N(CCC#N)c2ccccc2)nnc1-c1ccccc1F. The number of thioether (sulfide) groups is 1. The Hall–Kier alpha value is -3.18. The molecule has 2 aromatic carbocycles. The van der Waals surface area contributed by atoms with Crippen LogP contribution in [0.3, 0.4) is 0 Å². The number of para-hydroxylation sites is 1. The van der Waals surface area contributed by atoms with Crippen molar-refractivity contribution in [1.29, 1.82) is 5.26 Å². The Morgan fingerprint density at radius 1 is 1.18 bits per heavy atom. The van der Waals surface area contributed by atoms with E-state index < -0.39 is 0 Å². The minimum absolute atomic E-state index is 0.129. The first kappa shape index (κ1) is 19.6. The van der Waals surface area contributed by atoms with Gasteiger partial charge in [0.2, 0.25) is 5.91 Å². The first-order valence-electron chi connectivity index (χ1n) is 8.61. The van der Waals surface area contributed by atoms with Gasteiger partial charge in [0.05, 0.1) is 23.8 Å². The highest BCUT2D eigenvalue weighted by Gasteiger charge is 2.19. The van der Waals surface area contributed by atoms with Crippen molar-refractivity contribution in [2.24, 2.45) is 7.05 Å². The van der Waals surface area contributed by atoms with E-state index in [9.17, 15) is 9.18 Å². The van der Waals surface area contributed by atoms with Crippen LogP contribution >= 0.6 is 11.8 Å². The third kappa shape index (κ3) is 4.38. The maximum Gasteiger partial charge on any atom is 0.237 e. The van der Waals surface area contributed by atoms with Crippen molar-refractivity contribution in [2.45, 2.75) is 11.6 Å². The molecule has 6 nitrogen and oxygen atoms in total. The molecule has 0 aliphatic heterocycles. The molecule has 0 fully saturated rings. The Balaban J connectivity index is 1.73. The van der Waals surface area contributed by atoms with Crippen LogP contribution in [0.25, 0.3) is 11.4 Å². The van der Waals surface area contributed by atoms with Crippen molar-refractivity contribution in [2.75, 3.05) is 17.2 Å². The average Bonchev–Trinajstić information content (AvgIpc) is 3.08. The van der Waals surface area contributed by atoms with Crippen molar-refractivity contribution in [3.8, 4) is 17.5 Å². The van der Waals surface area contributed by atoms with E-state index in [1.54, 1.807) is 34.7 Å². The summed E-state index contributed by atoms with van der Waals surface area (Å²) in [6.07, 6.45) is 0.243. The average molecular weight is 395 g/mol. The third-order valence-corrected chi connectivity index (χ3v) is 5.10. The summed E-state index contributed by atoms with van der Waals surface area (Å²) in [4.78, 5) is 14.3. The van der Waals surface area contributed by atoms with E-state index in [4.69, 9.17) is 5.26 Å². The second-order valence-corrected chi connectivity index (χ2v) is 6.87. The number of rotatable bonds is 7. The van der Waals surface area contributed by atoms with Gasteiger partial charge in [-0.15, -0.1) is 10.2 Å². The number of amides is 1. The van der Waals surface area contributed by atoms with Crippen LogP contribution < -0.4 is 4.90 Å². The van der Waals surface area contributed by atoms with E-state index >= 15 is 0 Å². The Morgan fingerprint density at radius 3 is 2.61 bits per heavy atom. The van der Waals surface area contributed by atoms with Gasteiger partial charge in [-0.1, -0.05) is 42.1 Å². The van der Waals surface area contributed by atoms with Gasteiger partial charge in [-0.2, -0.15) is 5.26 Å². The number of aromatic nitrogens is 3. The van der Waals surface area contributed by atoms with Crippen molar-refractivity contribution in [1.82, 2.24) is 14.8 Å². The zero-order valence-electron chi connectivity index (χ0n) is 15.2.